The minimum Gasteiger partial charge on any atom is -0.371 e. The maximum Gasteiger partial charge on any atom is 0.0807 e. The van der Waals surface area contributed by atoms with Crippen LogP contribution in [0.25, 0.3) is 0 Å². The van der Waals surface area contributed by atoms with Gasteiger partial charge in [-0.25, -0.2) is 0 Å². The first-order chi connectivity index (χ1) is 7.15. The van der Waals surface area contributed by atoms with E-state index in [-0.39, 0.29) is 5.60 Å². The van der Waals surface area contributed by atoms with E-state index in [0.29, 0.717) is 12.6 Å². The van der Waals surface area contributed by atoms with Crippen LogP contribution in [0.5, 0.6) is 0 Å². The zero-order valence-electron chi connectivity index (χ0n) is 10.6. The molecule has 0 aromatic rings. The molecule has 0 bridgehead atoms. The lowest BCUT2D eigenvalue weighted by atomic mass is 9.77. The number of nitrogens with two attached hydrogens (primary N) is 1. The molecule has 2 heteroatoms. The molecule has 1 atom stereocenters. The van der Waals surface area contributed by atoms with Crippen molar-refractivity contribution >= 4 is 0 Å². The molecule has 0 aromatic carbocycles. The van der Waals surface area contributed by atoms with Crippen LogP contribution in [-0.2, 0) is 4.74 Å². The highest BCUT2D eigenvalue weighted by Gasteiger charge is 2.35. The van der Waals surface area contributed by atoms with Crippen LogP contribution in [0.15, 0.2) is 0 Å². The third-order valence-corrected chi connectivity index (χ3v) is 3.99. The Morgan fingerprint density at radius 3 is 2.33 bits per heavy atom. The molecule has 90 valence electrons. The first-order valence-corrected chi connectivity index (χ1v) is 6.53. The van der Waals surface area contributed by atoms with Crippen LogP contribution in [0.4, 0.5) is 0 Å². The Balaban J connectivity index is 2.48. The first kappa shape index (κ1) is 13.0. The molecule has 0 aromatic heterocycles. The summed E-state index contributed by atoms with van der Waals surface area (Å²) >= 11 is 0. The Kier molecular flexibility index (Phi) is 5.07. The third kappa shape index (κ3) is 3.46. The van der Waals surface area contributed by atoms with Gasteiger partial charge in [0, 0.05) is 6.54 Å². The largest absolute Gasteiger partial charge is 0.371 e. The predicted octanol–water partition coefficient (Wildman–Crippen LogP) is 3.10. The second kappa shape index (κ2) is 5.86. The zero-order valence-corrected chi connectivity index (χ0v) is 10.6. The maximum atomic E-state index is 6.15. The molecular weight excluding hydrogens is 186 g/mol. The number of hydrogen-bond donors (Lipinski definition) is 1. The summed E-state index contributed by atoms with van der Waals surface area (Å²) in [6.07, 6.45) is 7.65. The van der Waals surface area contributed by atoms with Crippen molar-refractivity contribution in [3.63, 3.8) is 0 Å². The molecule has 1 saturated carbocycles. The summed E-state index contributed by atoms with van der Waals surface area (Å²) in [4.78, 5) is 0. The minimum absolute atomic E-state index is 0.00109. The van der Waals surface area contributed by atoms with Crippen LogP contribution in [0.1, 0.15) is 59.3 Å². The Morgan fingerprint density at radius 2 is 1.93 bits per heavy atom. The molecule has 0 spiro atoms. The van der Waals surface area contributed by atoms with Crippen molar-refractivity contribution in [2.45, 2.75) is 71.0 Å². The van der Waals surface area contributed by atoms with Gasteiger partial charge >= 0.3 is 0 Å². The molecule has 0 amide bonds. The average molecular weight is 213 g/mol. The van der Waals surface area contributed by atoms with E-state index in [9.17, 15) is 0 Å². The Labute approximate surface area is 94.6 Å². The summed E-state index contributed by atoms with van der Waals surface area (Å²) in [7, 11) is 0. The van der Waals surface area contributed by atoms with Crippen molar-refractivity contribution in [2.75, 3.05) is 6.54 Å². The monoisotopic (exact) mass is 213 g/mol. The lowest BCUT2D eigenvalue weighted by Crippen LogP contribution is -2.45. The van der Waals surface area contributed by atoms with Gasteiger partial charge in [-0.2, -0.15) is 0 Å². The molecule has 0 radical (unpaired) electrons. The van der Waals surface area contributed by atoms with Gasteiger partial charge in [0.15, 0.2) is 0 Å². The van der Waals surface area contributed by atoms with Gasteiger partial charge in [0.25, 0.3) is 0 Å². The van der Waals surface area contributed by atoms with Crippen LogP contribution < -0.4 is 5.73 Å². The highest BCUT2D eigenvalue weighted by molar-refractivity contribution is 4.88. The Morgan fingerprint density at radius 1 is 1.33 bits per heavy atom. The van der Waals surface area contributed by atoms with Crippen molar-refractivity contribution in [2.24, 2.45) is 11.7 Å². The van der Waals surface area contributed by atoms with E-state index in [1.807, 2.05) is 0 Å². The van der Waals surface area contributed by atoms with Crippen LogP contribution >= 0.6 is 0 Å². The average Bonchev–Trinajstić information content (AvgIpc) is 2.30. The minimum atomic E-state index is 0.00109. The van der Waals surface area contributed by atoms with E-state index in [0.717, 1.165) is 25.2 Å². The topological polar surface area (TPSA) is 35.2 Å². The molecule has 0 aliphatic heterocycles. The van der Waals surface area contributed by atoms with E-state index in [4.69, 9.17) is 10.5 Å². The second-order valence-corrected chi connectivity index (χ2v) is 5.08. The number of rotatable bonds is 5. The van der Waals surface area contributed by atoms with Gasteiger partial charge in [-0.1, -0.05) is 20.3 Å². The normalized spacial score (nSPS) is 34.0. The predicted molar refractivity (Wildman–Crippen MR) is 64.9 cm³/mol. The maximum absolute atomic E-state index is 6.15. The van der Waals surface area contributed by atoms with Crippen molar-refractivity contribution < 1.29 is 4.74 Å². The van der Waals surface area contributed by atoms with Crippen LogP contribution in [-0.4, -0.2) is 18.2 Å². The molecule has 2 N–H and O–H groups in total. The van der Waals surface area contributed by atoms with E-state index in [1.165, 1.54) is 19.3 Å². The highest BCUT2D eigenvalue weighted by Crippen LogP contribution is 2.36. The van der Waals surface area contributed by atoms with Crippen molar-refractivity contribution in [1.29, 1.82) is 0 Å². The van der Waals surface area contributed by atoms with Crippen LogP contribution in [0, 0.1) is 5.92 Å². The molecule has 1 fully saturated rings. The number of ether oxygens (including phenoxy) is 1. The summed E-state index contributed by atoms with van der Waals surface area (Å²) in [5.74, 6) is 0.908. The Hall–Kier alpha value is -0.0800. The van der Waals surface area contributed by atoms with E-state index in [1.54, 1.807) is 0 Å². The van der Waals surface area contributed by atoms with Gasteiger partial charge < -0.3 is 10.5 Å². The van der Waals surface area contributed by atoms with Gasteiger partial charge in [0.2, 0.25) is 0 Å². The summed E-state index contributed by atoms with van der Waals surface area (Å²) in [5.41, 5.74) is 5.90. The molecule has 2 nitrogen and oxygen atoms in total. The lowest BCUT2D eigenvalue weighted by molar-refractivity contribution is -0.108. The van der Waals surface area contributed by atoms with Gasteiger partial charge in [-0.15, -0.1) is 0 Å². The summed E-state index contributed by atoms with van der Waals surface area (Å²) in [5, 5.41) is 0. The van der Waals surface area contributed by atoms with Crippen LogP contribution in [0.3, 0.4) is 0 Å². The van der Waals surface area contributed by atoms with Crippen molar-refractivity contribution in [3.05, 3.63) is 0 Å². The molecule has 1 aliphatic carbocycles. The quantitative estimate of drug-likeness (QED) is 0.761. The SMILES string of the molecule is CCC1CCC(CN)(OC(C)CC)CC1. The smallest absolute Gasteiger partial charge is 0.0807 e. The fourth-order valence-corrected chi connectivity index (χ4v) is 2.49. The van der Waals surface area contributed by atoms with Crippen LogP contribution in [0.2, 0.25) is 0 Å². The van der Waals surface area contributed by atoms with Gasteiger partial charge in [-0.05, 0) is 44.9 Å². The standard InChI is InChI=1S/C13H27NO/c1-4-11(3)15-13(10-14)8-6-12(5-2)7-9-13/h11-12H,4-10,14H2,1-3H3. The fraction of sp³-hybridized carbons (Fsp3) is 1.00. The van der Waals surface area contributed by atoms with Crippen molar-refractivity contribution in [3.8, 4) is 0 Å². The summed E-state index contributed by atoms with van der Waals surface area (Å²) in [6.45, 7) is 7.30. The van der Waals surface area contributed by atoms with E-state index >= 15 is 0 Å². The van der Waals surface area contributed by atoms with E-state index in [2.05, 4.69) is 20.8 Å². The molecule has 15 heavy (non-hydrogen) atoms. The summed E-state index contributed by atoms with van der Waals surface area (Å²) < 4.78 is 6.15. The molecule has 1 rings (SSSR count). The third-order valence-electron chi connectivity index (χ3n) is 3.99. The fourth-order valence-electron chi connectivity index (χ4n) is 2.49. The number of hydrogen-bond acceptors (Lipinski definition) is 2. The molecular formula is C13H27NO. The van der Waals surface area contributed by atoms with Crippen molar-refractivity contribution in [1.82, 2.24) is 0 Å². The lowest BCUT2D eigenvalue weighted by Gasteiger charge is -2.41. The first-order valence-electron chi connectivity index (χ1n) is 6.53. The molecule has 0 saturated heterocycles. The second-order valence-electron chi connectivity index (χ2n) is 5.08. The Bertz CT molecular complexity index is 173. The molecule has 1 aliphatic rings. The molecule has 0 heterocycles. The van der Waals surface area contributed by atoms with Gasteiger partial charge in [-0.3, -0.25) is 0 Å². The summed E-state index contributed by atoms with van der Waals surface area (Å²) in [6, 6.07) is 0. The molecule has 1 unspecified atom stereocenters. The zero-order chi connectivity index (χ0) is 11.3. The van der Waals surface area contributed by atoms with Gasteiger partial charge in [0.1, 0.15) is 0 Å². The van der Waals surface area contributed by atoms with Gasteiger partial charge in [0.05, 0.1) is 11.7 Å². The van der Waals surface area contributed by atoms with E-state index < -0.39 is 0 Å². The highest BCUT2D eigenvalue weighted by atomic mass is 16.5.